The van der Waals surface area contributed by atoms with E-state index in [9.17, 15) is 9.18 Å². The second-order valence-corrected chi connectivity index (χ2v) is 7.98. The number of anilines is 1. The average Bonchev–Trinajstić information content (AvgIpc) is 3.49. The molecule has 8 heteroatoms. The van der Waals surface area contributed by atoms with Gasteiger partial charge in [0.05, 0.1) is 32.6 Å². The number of halogens is 1. The lowest BCUT2D eigenvalue weighted by molar-refractivity contribution is 0.0917. The molecule has 1 aliphatic heterocycles. The second kappa shape index (κ2) is 9.45. The molecule has 0 N–H and O–H groups in total. The van der Waals surface area contributed by atoms with Crippen LogP contribution < -0.4 is 14.4 Å². The Morgan fingerprint density at radius 2 is 2.03 bits per heavy atom. The van der Waals surface area contributed by atoms with E-state index in [0.717, 1.165) is 18.4 Å². The van der Waals surface area contributed by atoms with E-state index in [1.165, 1.54) is 35.6 Å². The van der Waals surface area contributed by atoms with Gasteiger partial charge >= 0.3 is 0 Å². The topological polar surface area (TPSA) is 60.9 Å². The maximum absolute atomic E-state index is 13.3. The minimum absolute atomic E-state index is 0.0527. The molecule has 1 aliphatic rings. The lowest BCUT2D eigenvalue weighted by Crippen LogP contribution is -2.37. The molecule has 4 rings (SSSR count). The highest BCUT2D eigenvalue weighted by Gasteiger charge is 2.27. The zero-order valence-electron chi connectivity index (χ0n) is 17.3. The zero-order valence-corrected chi connectivity index (χ0v) is 18.2. The molecule has 1 fully saturated rings. The van der Waals surface area contributed by atoms with E-state index in [0.29, 0.717) is 41.0 Å². The van der Waals surface area contributed by atoms with Gasteiger partial charge in [0.1, 0.15) is 17.3 Å². The van der Waals surface area contributed by atoms with Gasteiger partial charge in [-0.3, -0.25) is 9.69 Å². The van der Waals surface area contributed by atoms with Crippen molar-refractivity contribution in [1.82, 2.24) is 4.98 Å². The first-order valence-electron chi connectivity index (χ1n) is 9.96. The minimum Gasteiger partial charge on any atom is -0.497 e. The van der Waals surface area contributed by atoms with Crippen molar-refractivity contribution in [1.29, 1.82) is 0 Å². The number of nitrogens with zero attached hydrogens (tertiary/aromatic N) is 2. The van der Waals surface area contributed by atoms with Gasteiger partial charge in [-0.2, -0.15) is 0 Å². The number of hydrogen-bond acceptors (Lipinski definition) is 6. The van der Waals surface area contributed by atoms with Crippen LogP contribution in [0.2, 0.25) is 0 Å². The maximum Gasteiger partial charge on any atom is 0.260 e. The van der Waals surface area contributed by atoms with Crippen LogP contribution in [0.15, 0.2) is 47.8 Å². The lowest BCUT2D eigenvalue weighted by atomic mass is 10.1. The molecule has 2 heterocycles. The molecule has 1 saturated heterocycles. The number of methoxy groups -OCH3 is 2. The number of aromatic nitrogens is 1. The first kappa shape index (κ1) is 21.3. The van der Waals surface area contributed by atoms with Crippen LogP contribution in [-0.4, -0.2) is 44.4 Å². The van der Waals surface area contributed by atoms with Crippen molar-refractivity contribution >= 4 is 22.4 Å². The summed E-state index contributed by atoms with van der Waals surface area (Å²) in [4.78, 5) is 19.6. The highest BCUT2D eigenvalue weighted by molar-refractivity contribution is 7.14. The molecule has 0 unspecified atom stereocenters. The summed E-state index contributed by atoms with van der Waals surface area (Å²) in [7, 11) is 3.20. The Kier molecular flexibility index (Phi) is 6.48. The average molecular weight is 443 g/mol. The van der Waals surface area contributed by atoms with Crippen molar-refractivity contribution in [3.05, 3.63) is 59.2 Å². The third-order valence-corrected chi connectivity index (χ3v) is 6.02. The molecule has 0 saturated carbocycles. The summed E-state index contributed by atoms with van der Waals surface area (Å²) >= 11 is 1.36. The molecule has 1 amide bonds. The summed E-state index contributed by atoms with van der Waals surface area (Å²) in [6.45, 7) is 1.08. The number of benzene rings is 2. The molecule has 0 bridgehead atoms. The van der Waals surface area contributed by atoms with Crippen LogP contribution in [-0.2, 0) is 4.74 Å². The van der Waals surface area contributed by atoms with Crippen LogP contribution in [0.1, 0.15) is 23.2 Å². The molecular weight excluding hydrogens is 419 g/mol. The Morgan fingerprint density at radius 3 is 2.71 bits per heavy atom. The van der Waals surface area contributed by atoms with E-state index < -0.39 is 0 Å². The van der Waals surface area contributed by atoms with E-state index in [2.05, 4.69) is 0 Å². The molecule has 0 radical (unpaired) electrons. The van der Waals surface area contributed by atoms with Crippen molar-refractivity contribution in [3.8, 4) is 22.8 Å². The molecule has 2 aromatic carbocycles. The van der Waals surface area contributed by atoms with Crippen LogP contribution >= 0.6 is 11.3 Å². The van der Waals surface area contributed by atoms with Crippen LogP contribution in [0.5, 0.6) is 11.5 Å². The van der Waals surface area contributed by atoms with Crippen LogP contribution in [0, 0.1) is 5.82 Å². The standard InChI is InChI=1S/C23H23FN2O4S/c1-28-17-9-10-21(29-2)19(12-17)20-14-31-23(25-20)26(13-18-4-3-11-30-18)22(27)15-5-7-16(24)8-6-15/h5-10,12,14,18H,3-4,11,13H2,1-2H3/t18-/m0/s1. The number of ether oxygens (including phenoxy) is 3. The van der Waals surface area contributed by atoms with Crippen molar-refractivity contribution in [3.63, 3.8) is 0 Å². The van der Waals surface area contributed by atoms with Gasteiger partial charge in [-0.1, -0.05) is 0 Å². The van der Waals surface area contributed by atoms with Gasteiger partial charge in [-0.15, -0.1) is 11.3 Å². The van der Waals surface area contributed by atoms with Crippen LogP contribution in [0.4, 0.5) is 9.52 Å². The highest BCUT2D eigenvalue weighted by atomic mass is 32.1. The summed E-state index contributed by atoms with van der Waals surface area (Å²) in [5.74, 6) is 0.718. The minimum atomic E-state index is -0.385. The quantitative estimate of drug-likeness (QED) is 0.526. The second-order valence-electron chi connectivity index (χ2n) is 7.14. The molecule has 0 spiro atoms. The van der Waals surface area contributed by atoms with Gasteiger partial charge in [-0.25, -0.2) is 9.37 Å². The highest BCUT2D eigenvalue weighted by Crippen LogP contribution is 2.36. The summed E-state index contributed by atoms with van der Waals surface area (Å²) < 4.78 is 29.9. The first-order valence-corrected chi connectivity index (χ1v) is 10.8. The van der Waals surface area contributed by atoms with Gasteiger partial charge in [-0.05, 0) is 55.3 Å². The molecule has 0 aliphatic carbocycles. The maximum atomic E-state index is 13.3. The Hall–Kier alpha value is -2.97. The summed E-state index contributed by atoms with van der Waals surface area (Å²) in [5, 5.41) is 2.43. The summed E-state index contributed by atoms with van der Waals surface area (Å²) in [5.41, 5.74) is 1.85. The van der Waals surface area contributed by atoms with E-state index in [1.54, 1.807) is 19.1 Å². The largest absolute Gasteiger partial charge is 0.497 e. The Balaban J connectivity index is 1.68. The number of hydrogen-bond donors (Lipinski definition) is 0. The predicted octanol–water partition coefficient (Wildman–Crippen LogP) is 4.79. The molecule has 162 valence electrons. The molecule has 1 aromatic heterocycles. The number of amides is 1. The zero-order chi connectivity index (χ0) is 21.8. The summed E-state index contributed by atoms with van der Waals surface area (Å²) in [6.07, 6.45) is 1.80. The van der Waals surface area contributed by atoms with Crippen molar-refractivity contribution in [2.45, 2.75) is 18.9 Å². The fourth-order valence-corrected chi connectivity index (χ4v) is 4.35. The van der Waals surface area contributed by atoms with Gasteiger partial charge < -0.3 is 14.2 Å². The van der Waals surface area contributed by atoms with Gasteiger partial charge in [0.2, 0.25) is 0 Å². The van der Waals surface area contributed by atoms with Crippen LogP contribution in [0.3, 0.4) is 0 Å². The van der Waals surface area contributed by atoms with Gasteiger partial charge in [0.15, 0.2) is 5.13 Å². The van der Waals surface area contributed by atoms with Gasteiger partial charge in [0, 0.05) is 23.1 Å². The number of thiazole rings is 1. The first-order chi connectivity index (χ1) is 15.1. The third kappa shape index (κ3) is 4.70. The normalized spacial score (nSPS) is 15.6. The van der Waals surface area contributed by atoms with Crippen molar-refractivity contribution in [2.24, 2.45) is 0 Å². The number of carbonyl (C=O) groups excluding carboxylic acids is 1. The van der Waals surface area contributed by atoms with Gasteiger partial charge in [0.25, 0.3) is 5.91 Å². The van der Waals surface area contributed by atoms with E-state index in [1.807, 2.05) is 23.6 Å². The molecule has 31 heavy (non-hydrogen) atoms. The Morgan fingerprint density at radius 1 is 1.23 bits per heavy atom. The molecule has 6 nitrogen and oxygen atoms in total. The monoisotopic (exact) mass is 442 g/mol. The predicted molar refractivity (Wildman–Crippen MR) is 118 cm³/mol. The molecular formula is C23H23FN2O4S. The molecule has 3 aromatic rings. The fraction of sp³-hybridized carbons (Fsp3) is 0.304. The number of carbonyl (C=O) groups is 1. The van der Waals surface area contributed by atoms with Crippen LogP contribution in [0.25, 0.3) is 11.3 Å². The van der Waals surface area contributed by atoms with Crippen molar-refractivity contribution < 1.29 is 23.4 Å². The lowest BCUT2D eigenvalue weighted by Gasteiger charge is -2.23. The fourth-order valence-electron chi connectivity index (χ4n) is 3.51. The Labute approximate surface area is 184 Å². The SMILES string of the molecule is COc1ccc(OC)c(-c2csc(N(C[C@@H]3CCCO3)C(=O)c3ccc(F)cc3)n2)c1. The van der Waals surface area contributed by atoms with E-state index in [4.69, 9.17) is 19.2 Å². The smallest absolute Gasteiger partial charge is 0.260 e. The van der Waals surface area contributed by atoms with Crippen molar-refractivity contribution in [2.75, 3.05) is 32.3 Å². The van der Waals surface area contributed by atoms with E-state index in [-0.39, 0.29) is 17.8 Å². The molecule has 1 atom stereocenters. The summed E-state index contributed by atoms with van der Waals surface area (Å²) in [6, 6.07) is 11.0. The number of rotatable bonds is 7. The van der Waals surface area contributed by atoms with E-state index >= 15 is 0 Å². The third-order valence-electron chi connectivity index (χ3n) is 5.15. The Bertz CT molecular complexity index is 1050.